The molecule has 0 fully saturated rings. The van der Waals surface area contributed by atoms with Gasteiger partial charge in [0.15, 0.2) is 0 Å². The van der Waals surface area contributed by atoms with Crippen molar-refractivity contribution in [2.75, 3.05) is 19.8 Å². The van der Waals surface area contributed by atoms with E-state index in [1.165, 1.54) is 89.9 Å². The number of ether oxygens (including phenoxy) is 1. The quantitative estimate of drug-likeness (QED) is 0.166. The zero-order valence-corrected chi connectivity index (χ0v) is 19.7. The molecular weight excluding hydrogens is 362 g/mol. The molecule has 174 valence electrons. The molecule has 29 heavy (non-hydrogen) atoms. The molecule has 0 aliphatic carbocycles. The van der Waals surface area contributed by atoms with Gasteiger partial charge in [-0.25, -0.2) is 0 Å². The second kappa shape index (κ2) is 23.7. The lowest BCUT2D eigenvalue weighted by Gasteiger charge is -2.17. The minimum Gasteiger partial charge on any atom is -0.481 e. The summed E-state index contributed by atoms with van der Waals surface area (Å²) in [4.78, 5) is 11.0. The molecule has 0 heterocycles. The first kappa shape index (κ1) is 28.4. The molecule has 0 aromatic heterocycles. The molecule has 0 saturated carbocycles. The maximum Gasteiger partial charge on any atom is 0.304 e. The van der Waals surface area contributed by atoms with Crippen molar-refractivity contribution in [3.05, 3.63) is 0 Å². The van der Waals surface area contributed by atoms with Crippen LogP contribution in [0.15, 0.2) is 0 Å². The van der Waals surface area contributed by atoms with Crippen LogP contribution in [0.4, 0.5) is 0 Å². The van der Waals surface area contributed by atoms with Crippen LogP contribution >= 0.6 is 0 Å². The Bertz CT molecular complexity index is 336. The summed E-state index contributed by atoms with van der Waals surface area (Å²) in [5.74, 6) is -0.701. The highest BCUT2D eigenvalue weighted by atomic mass is 16.5. The largest absolute Gasteiger partial charge is 0.481 e. The third kappa shape index (κ3) is 23.5. The predicted octanol–water partition coefficient (Wildman–Crippen LogP) is 7.11. The van der Waals surface area contributed by atoms with E-state index >= 15 is 0 Å². The Kier molecular flexibility index (Phi) is 23.2. The summed E-state index contributed by atoms with van der Waals surface area (Å²) in [6.07, 6.45) is 21.8. The lowest BCUT2D eigenvalue weighted by Crippen LogP contribution is -2.32. The minimum atomic E-state index is -0.701. The van der Waals surface area contributed by atoms with E-state index in [9.17, 15) is 4.79 Å². The molecule has 0 amide bonds. The number of rotatable bonds is 24. The van der Waals surface area contributed by atoms with Gasteiger partial charge < -0.3 is 15.2 Å². The van der Waals surface area contributed by atoms with E-state index in [-0.39, 0.29) is 12.5 Å². The Morgan fingerprint density at radius 2 is 1.21 bits per heavy atom. The summed E-state index contributed by atoms with van der Waals surface area (Å²) >= 11 is 0. The lowest BCUT2D eigenvalue weighted by atomic mass is 10.0. The van der Waals surface area contributed by atoms with E-state index in [4.69, 9.17) is 9.84 Å². The van der Waals surface area contributed by atoms with Crippen molar-refractivity contribution in [2.24, 2.45) is 0 Å². The number of aliphatic carboxylic acids is 1. The van der Waals surface area contributed by atoms with Gasteiger partial charge in [0, 0.05) is 19.3 Å². The van der Waals surface area contributed by atoms with Crippen molar-refractivity contribution in [2.45, 2.75) is 135 Å². The second-order valence-corrected chi connectivity index (χ2v) is 8.60. The molecule has 0 bridgehead atoms. The Balaban J connectivity index is 3.42. The molecule has 0 aromatic rings. The van der Waals surface area contributed by atoms with Crippen LogP contribution in [0.5, 0.6) is 0 Å². The van der Waals surface area contributed by atoms with Crippen LogP contribution in [0.3, 0.4) is 0 Å². The minimum absolute atomic E-state index is 0.107. The Hall–Kier alpha value is -0.610. The normalized spacial score (nSPS) is 12.3. The predicted molar refractivity (Wildman–Crippen MR) is 125 cm³/mol. The van der Waals surface area contributed by atoms with Crippen LogP contribution in [0.2, 0.25) is 0 Å². The van der Waals surface area contributed by atoms with Crippen LogP contribution in [0.25, 0.3) is 0 Å². The molecule has 4 nitrogen and oxygen atoms in total. The number of hydrogen-bond donors (Lipinski definition) is 2. The second-order valence-electron chi connectivity index (χ2n) is 8.60. The average Bonchev–Trinajstić information content (AvgIpc) is 2.70. The number of hydrogen-bond acceptors (Lipinski definition) is 3. The summed E-state index contributed by atoms with van der Waals surface area (Å²) in [5, 5.41) is 12.5. The van der Waals surface area contributed by atoms with Gasteiger partial charge in [0.2, 0.25) is 0 Å². The van der Waals surface area contributed by atoms with E-state index in [0.29, 0.717) is 0 Å². The summed E-state index contributed by atoms with van der Waals surface area (Å²) in [6.45, 7) is 6.98. The summed E-state index contributed by atoms with van der Waals surface area (Å²) < 4.78 is 5.74. The van der Waals surface area contributed by atoms with Crippen molar-refractivity contribution >= 4 is 5.97 Å². The van der Waals surface area contributed by atoms with Crippen LogP contribution in [0, 0.1) is 0 Å². The molecule has 0 unspecified atom stereocenters. The summed E-state index contributed by atoms with van der Waals surface area (Å²) in [5.41, 5.74) is 0. The van der Waals surface area contributed by atoms with Gasteiger partial charge in [-0.1, -0.05) is 104 Å². The van der Waals surface area contributed by atoms with Crippen molar-refractivity contribution < 1.29 is 14.6 Å². The summed E-state index contributed by atoms with van der Waals surface area (Å²) in [7, 11) is 0. The third-order valence-electron chi connectivity index (χ3n) is 5.62. The van der Waals surface area contributed by atoms with Gasteiger partial charge >= 0.3 is 5.97 Å². The number of carbonyl (C=O) groups is 1. The van der Waals surface area contributed by atoms with E-state index < -0.39 is 5.97 Å². The molecule has 0 aliphatic rings. The zero-order chi connectivity index (χ0) is 21.4. The van der Waals surface area contributed by atoms with Crippen molar-refractivity contribution in [3.63, 3.8) is 0 Å². The van der Waals surface area contributed by atoms with Crippen molar-refractivity contribution in [1.82, 2.24) is 5.32 Å². The molecule has 0 aromatic carbocycles. The fraction of sp³-hybridized carbons (Fsp3) is 0.960. The number of carboxylic acids is 1. The molecule has 2 N–H and O–H groups in total. The van der Waals surface area contributed by atoms with Crippen LogP contribution < -0.4 is 5.32 Å². The van der Waals surface area contributed by atoms with Crippen molar-refractivity contribution in [3.8, 4) is 0 Å². The Labute approximate surface area is 181 Å². The highest BCUT2D eigenvalue weighted by molar-refractivity contribution is 5.67. The van der Waals surface area contributed by atoms with Crippen LogP contribution in [-0.2, 0) is 9.53 Å². The van der Waals surface area contributed by atoms with Gasteiger partial charge in [0.05, 0.1) is 6.42 Å². The number of carboxylic acid groups (broad SMARTS) is 1. The van der Waals surface area contributed by atoms with Gasteiger partial charge in [-0.3, -0.25) is 4.79 Å². The fourth-order valence-corrected chi connectivity index (χ4v) is 3.76. The first-order valence-corrected chi connectivity index (χ1v) is 12.7. The van der Waals surface area contributed by atoms with E-state index in [0.717, 1.165) is 39.0 Å². The number of nitrogens with one attached hydrogen (secondary N) is 1. The van der Waals surface area contributed by atoms with E-state index in [2.05, 4.69) is 19.2 Å². The van der Waals surface area contributed by atoms with Gasteiger partial charge in [0.25, 0.3) is 0 Å². The molecule has 4 heteroatoms. The highest BCUT2D eigenvalue weighted by Crippen LogP contribution is 2.11. The molecule has 0 radical (unpaired) electrons. The first-order valence-electron chi connectivity index (χ1n) is 12.7. The monoisotopic (exact) mass is 413 g/mol. The van der Waals surface area contributed by atoms with Gasteiger partial charge in [-0.15, -0.1) is 0 Å². The highest BCUT2D eigenvalue weighted by Gasteiger charge is 2.11. The molecule has 0 aliphatic heterocycles. The maximum absolute atomic E-state index is 11.0. The zero-order valence-electron chi connectivity index (χ0n) is 19.7. The number of unbranched alkanes of at least 4 members (excludes halogenated alkanes) is 13. The lowest BCUT2D eigenvalue weighted by molar-refractivity contribution is -0.137. The summed E-state index contributed by atoms with van der Waals surface area (Å²) in [6, 6.07) is 0.107. The van der Waals surface area contributed by atoms with Gasteiger partial charge in [-0.05, 0) is 25.8 Å². The Morgan fingerprint density at radius 3 is 1.76 bits per heavy atom. The van der Waals surface area contributed by atoms with Gasteiger partial charge in [0.1, 0.15) is 0 Å². The molecular formula is C25H51NO3. The fourth-order valence-electron chi connectivity index (χ4n) is 3.76. The van der Waals surface area contributed by atoms with E-state index in [1.54, 1.807) is 0 Å². The Morgan fingerprint density at radius 1 is 0.724 bits per heavy atom. The average molecular weight is 414 g/mol. The van der Waals surface area contributed by atoms with Crippen LogP contribution in [0.1, 0.15) is 129 Å². The molecule has 0 spiro atoms. The van der Waals surface area contributed by atoms with Crippen molar-refractivity contribution in [1.29, 1.82) is 0 Å². The molecule has 1 atom stereocenters. The third-order valence-corrected chi connectivity index (χ3v) is 5.62. The van der Waals surface area contributed by atoms with E-state index in [1.807, 2.05) is 0 Å². The van der Waals surface area contributed by atoms with Gasteiger partial charge in [-0.2, -0.15) is 0 Å². The maximum atomic E-state index is 11.0. The first-order chi connectivity index (χ1) is 14.2. The SMILES string of the molecule is CCCCCCCCCCCCOCCCN[C@@H](CCCCCCC)CC(=O)O. The van der Waals surface area contributed by atoms with Crippen LogP contribution in [-0.4, -0.2) is 36.9 Å². The smallest absolute Gasteiger partial charge is 0.304 e. The molecule has 0 saturated heterocycles. The molecule has 0 rings (SSSR count). The standard InChI is InChI=1S/C25H51NO3/c1-3-5-7-9-10-11-12-13-15-17-21-29-22-18-20-26-24(23-25(27)28)19-16-14-8-6-4-2/h24,26H,3-23H2,1-2H3,(H,27,28)/t24-/m0/s1. The topological polar surface area (TPSA) is 58.6 Å².